The summed E-state index contributed by atoms with van der Waals surface area (Å²) in [4.78, 5) is 16.9. The van der Waals surface area contributed by atoms with Gasteiger partial charge in [0.25, 0.3) is 10.0 Å². The van der Waals surface area contributed by atoms with Crippen LogP contribution in [-0.4, -0.2) is 40.0 Å². The second kappa shape index (κ2) is 11.5. The lowest BCUT2D eigenvalue weighted by Gasteiger charge is -2.28. The fraction of sp³-hybridized carbons (Fsp3) is 0.111. The number of nitrogens with zero attached hydrogens (tertiary/aromatic N) is 2. The molecule has 0 fully saturated rings. The molecule has 0 bridgehead atoms. The normalized spacial score (nSPS) is 12.3. The molecule has 1 amide bonds. The van der Waals surface area contributed by atoms with Crippen molar-refractivity contribution in [3.63, 3.8) is 0 Å². The van der Waals surface area contributed by atoms with E-state index in [0.717, 1.165) is 10.6 Å². The maximum absolute atomic E-state index is 13.0. The van der Waals surface area contributed by atoms with E-state index in [9.17, 15) is 21.6 Å². The summed E-state index contributed by atoms with van der Waals surface area (Å²) >= 11 is 0. The van der Waals surface area contributed by atoms with Crippen LogP contribution in [-0.2, 0) is 24.8 Å². The van der Waals surface area contributed by atoms with Gasteiger partial charge in [-0.25, -0.2) is 21.8 Å². The van der Waals surface area contributed by atoms with Gasteiger partial charge >= 0.3 is 0 Å². The first-order valence-electron chi connectivity index (χ1n) is 11.7. The maximum atomic E-state index is 13.0. The minimum Gasteiger partial charge on any atom is -0.457 e. The maximum Gasteiger partial charge on any atom is 0.263 e. The Bertz CT molecular complexity index is 1630. The van der Waals surface area contributed by atoms with Crippen LogP contribution in [0, 0.1) is 0 Å². The number of nitrogens with one attached hydrogen (secondary N) is 2. The molecule has 0 unspecified atom stereocenters. The van der Waals surface area contributed by atoms with Crippen LogP contribution in [0.25, 0.3) is 0 Å². The average Bonchev–Trinajstić information content (AvgIpc) is 2.90. The van der Waals surface area contributed by atoms with E-state index in [0.29, 0.717) is 17.2 Å². The number of para-hydroxylation sites is 1. The molecule has 10 nitrogen and oxygen atoms in total. The number of ether oxygens (including phenoxy) is 1. The quantitative estimate of drug-likeness (QED) is 0.289. The lowest BCUT2D eigenvalue weighted by molar-refractivity contribution is -0.116. The van der Waals surface area contributed by atoms with Gasteiger partial charge in [-0.2, -0.15) is 0 Å². The van der Waals surface area contributed by atoms with Gasteiger partial charge in [0, 0.05) is 11.9 Å². The van der Waals surface area contributed by atoms with Crippen molar-refractivity contribution in [2.75, 3.05) is 20.6 Å². The summed E-state index contributed by atoms with van der Waals surface area (Å²) in [5.74, 6) is 0.698. The predicted molar refractivity (Wildman–Crippen MR) is 150 cm³/mol. The van der Waals surface area contributed by atoms with E-state index in [4.69, 9.17) is 4.74 Å². The highest BCUT2D eigenvalue weighted by molar-refractivity contribution is 7.92. The van der Waals surface area contributed by atoms with Crippen LogP contribution in [0.4, 0.5) is 17.2 Å². The van der Waals surface area contributed by atoms with Crippen molar-refractivity contribution < 1.29 is 26.4 Å². The third-order valence-corrected chi connectivity index (χ3v) is 8.11. The van der Waals surface area contributed by atoms with Crippen molar-refractivity contribution in [2.45, 2.75) is 17.9 Å². The molecule has 0 saturated heterocycles. The summed E-state index contributed by atoms with van der Waals surface area (Å²) in [6.45, 7) is 1.46. The van der Waals surface area contributed by atoms with Crippen LogP contribution in [0.3, 0.4) is 0 Å². The van der Waals surface area contributed by atoms with Crippen LogP contribution in [0.1, 0.15) is 6.92 Å². The molecule has 4 rings (SSSR count). The van der Waals surface area contributed by atoms with Crippen molar-refractivity contribution in [1.29, 1.82) is 0 Å². The van der Waals surface area contributed by atoms with Crippen LogP contribution < -0.4 is 19.1 Å². The highest BCUT2D eigenvalue weighted by atomic mass is 32.2. The summed E-state index contributed by atoms with van der Waals surface area (Å²) in [6.07, 6.45) is 2.48. The van der Waals surface area contributed by atoms with E-state index in [1.54, 1.807) is 48.5 Å². The summed E-state index contributed by atoms with van der Waals surface area (Å²) in [7, 11) is -7.73. The van der Waals surface area contributed by atoms with Gasteiger partial charge in [-0.15, -0.1) is 0 Å². The Balaban J connectivity index is 1.46. The molecule has 3 aromatic carbocycles. The lowest BCUT2D eigenvalue weighted by Crippen LogP contribution is -2.45. The van der Waals surface area contributed by atoms with Crippen molar-refractivity contribution in [3.8, 4) is 11.5 Å². The third kappa shape index (κ3) is 7.12. The van der Waals surface area contributed by atoms with Crippen molar-refractivity contribution in [3.05, 3.63) is 103 Å². The minimum absolute atomic E-state index is 0.0326. The molecule has 0 spiro atoms. The molecule has 202 valence electrons. The first-order valence-corrected chi connectivity index (χ1v) is 15.0. The van der Waals surface area contributed by atoms with Gasteiger partial charge in [0.15, 0.2) is 0 Å². The number of sulfonamides is 2. The number of rotatable bonds is 10. The highest BCUT2D eigenvalue weighted by Crippen LogP contribution is 2.27. The molecule has 2 N–H and O–H groups in total. The van der Waals surface area contributed by atoms with Crippen molar-refractivity contribution in [2.24, 2.45) is 0 Å². The van der Waals surface area contributed by atoms with Crippen molar-refractivity contribution in [1.82, 2.24) is 4.98 Å². The number of hydrogen-bond donors (Lipinski definition) is 2. The Morgan fingerprint density at radius 2 is 1.44 bits per heavy atom. The Labute approximate surface area is 227 Å². The van der Waals surface area contributed by atoms with Gasteiger partial charge in [-0.05, 0) is 79.7 Å². The molecule has 12 heteroatoms. The van der Waals surface area contributed by atoms with Gasteiger partial charge in [0.2, 0.25) is 15.9 Å². The van der Waals surface area contributed by atoms with Gasteiger partial charge < -0.3 is 10.1 Å². The SMILES string of the molecule is C[C@H](C(=O)Nc1ccc(S(=O)(=O)Nc2ccccn2)cc1)N(c1ccc(Oc2ccccc2)cc1)S(C)(=O)=O. The van der Waals surface area contributed by atoms with E-state index < -0.39 is 32.0 Å². The Hall–Kier alpha value is -4.42. The number of benzene rings is 3. The van der Waals surface area contributed by atoms with Gasteiger partial charge in [0.1, 0.15) is 23.4 Å². The second-order valence-electron chi connectivity index (χ2n) is 8.48. The van der Waals surface area contributed by atoms with Crippen LogP contribution in [0.2, 0.25) is 0 Å². The minimum atomic E-state index is -3.89. The standard InChI is InChI=1S/C27H26N4O6S2/c1-20(31(38(2,33)34)22-13-15-24(16-14-22)37-23-8-4-3-5-9-23)27(32)29-21-11-17-25(18-12-21)39(35,36)30-26-10-6-7-19-28-26/h3-20H,1-2H3,(H,28,30)(H,29,32)/t20-/m1/s1. The molecule has 39 heavy (non-hydrogen) atoms. The van der Waals surface area contributed by atoms with Crippen molar-refractivity contribution >= 4 is 43.1 Å². The van der Waals surface area contributed by atoms with E-state index in [1.165, 1.54) is 43.5 Å². The number of carbonyl (C=O) groups excluding carboxylic acids is 1. The zero-order valence-corrected chi connectivity index (χ0v) is 22.7. The number of carbonyl (C=O) groups is 1. The van der Waals surface area contributed by atoms with Crippen LogP contribution >= 0.6 is 0 Å². The first kappa shape index (κ1) is 27.6. The number of aromatic nitrogens is 1. The number of anilines is 3. The third-order valence-electron chi connectivity index (χ3n) is 5.49. The lowest BCUT2D eigenvalue weighted by atomic mass is 10.2. The molecular weight excluding hydrogens is 540 g/mol. The fourth-order valence-corrected chi connectivity index (χ4v) is 5.86. The van der Waals surface area contributed by atoms with Crippen LogP contribution in [0.15, 0.2) is 108 Å². The predicted octanol–water partition coefficient (Wildman–Crippen LogP) is 4.47. The molecule has 0 saturated carbocycles. The fourth-order valence-electron chi connectivity index (χ4n) is 3.68. The number of hydrogen-bond acceptors (Lipinski definition) is 7. The molecule has 0 aliphatic heterocycles. The molecule has 1 atom stereocenters. The number of amides is 1. The average molecular weight is 567 g/mol. The Morgan fingerprint density at radius 1 is 0.821 bits per heavy atom. The Morgan fingerprint density at radius 3 is 2.03 bits per heavy atom. The first-order chi connectivity index (χ1) is 18.5. The van der Waals surface area contributed by atoms with Gasteiger partial charge in [-0.3, -0.25) is 13.8 Å². The summed E-state index contributed by atoms with van der Waals surface area (Å²) < 4.78 is 59.6. The van der Waals surface area contributed by atoms with Crippen LogP contribution in [0.5, 0.6) is 11.5 Å². The molecule has 0 aliphatic carbocycles. The van der Waals surface area contributed by atoms with Gasteiger partial charge in [0.05, 0.1) is 16.8 Å². The second-order valence-corrected chi connectivity index (χ2v) is 12.0. The van der Waals surface area contributed by atoms with E-state index in [-0.39, 0.29) is 16.4 Å². The monoisotopic (exact) mass is 566 g/mol. The molecule has 0 aliphatic rings. The molecule has 4 aromatic rings. The number of pyridine rings is 1. The molecule has 1 heterocycles. The Kier molecular flexibility index (Phi) is 8.17. The smallest absolute Gasteiger partial charge is 0.263 e. The largest absolute Gasteiger partial charge is 0.457 e. The molecular formula is C27H26N4O6S2. The van der Waals surface area contributed by atoms with Gasteiger partial charge in [-0.1, -0.05) is 24.3 Å². The highest BCUT2D eigenvalue weighted by Gasteiger charge is 2.29. The van der Waals surface area contributed by atoms with E-state index in [2.05, 4.69) is 15.0 Å². The molecule has 1 aromatic heterocycles. The summed E-state index contributed by atoms with van der Waals surface area (Å²) in [5.41, 5.74) is 0.575. The van der Waals surface area contributed by atoms with E-state index in [1.807, 2.05) is 18.2 Å². The summed E-state index contributed by atoms with van der Waals surface area (Å²) in [6, 6.07) is 24.7. The zero-order chi connectivity index (χ0) is 28.0. The zero-order valence-electron chi connectivity index (χ0n) is 21.1. The topological polar surface area (TPSA) is 135 Å². The molecule has 0 radical (unpaired) electrons. The van der Waals surface area contributed by atoms with E-state index >= 15 is 0 Å². The summed E-state index contributed by atoms with van der Waals surface area (Å²) in [5, 5.41) is 2.64.